The van der Waals surface area contributed by atoms with E-state index >= 15 is 0 Å². The molecule has 0 unspecified atom stereocenters. The average Bonchev–Trinajstić information content (AvgIpc) is 2.56. The molecule has 1 aliphatic heterocycles. The zero-order valence-electron chi connectivity index (χ0n) is 14.9. The molecule has 0 atom stereocenters. The van der Waals surface area contributed by atoms with Crippen molar-refractivity contribution in [3.63, 3.8) is 0 Å². The molecule has 2 rings (SSSR count). The van der Waals surface area contributed by atoms with E-state index in [0.29, 0.717) is 5.75 Å². The first-order valence-electron chi connectivity index (χ1n) is 7.75. The second-order valence-corrected chi connectivity index (χ2v) is 7.93. The maximum atomic E-state index is 11.0. The Kier molecular flexibility index (Phi) is 4.28. The monoisotopic (exact) mass is 320 g/mol. The Morgan fingerprint density at radius 2 is 1.65 bits per heavy atom. The van der Waals surface area contributed by atoms with Crippen LogP contribution in [0.3, 0.4) is 0 Å². The van der Waals surface area contributed by atoms with Gasteiger partial charge in [0.25, 0.3) is 0 Å². The van der Waals surface area contributed by atoms with Crippen LogP contribution in [0.2, 0.25) is 0 Å². The summed E-state index contributed by atoms with van der Waals surface area (Å²) >= 11 is 0. The summed E-state index contributed by atoms with van der Waals surface area (Å²) in [5.41, 5.74) is 0.327. The first-order chi connectivity index (χ1) is 10.3. The predicted octanol–water partition coefficient (Wildman–Crippen LogP) is 3.34. The first-order valence-corrected chi connectivity index (χ1v) is 7.75. The van der Waals surface area contributed by atoms with E-state index in [1.807, 2.05) is 54.5 Å². The number of ether oxygens (including phenoxy) is 1. The van der Waals surface area contributed by atoms with Gasteiger partial charge in [0.15, 0.2) is 0 Å². The summed E-state index contributed by atoms with van der Waals surface area (Å²) in [6.07, 6.45) is -1.33. The molecule has 0 radical (unpaired) electrons. The molecule has 5 nitrogen and oxygen atoms in total. The number of hydrogen-bond acceptors (Lipinski definition) is 4. The Morgan fingerprint density at radius 1 is 1.13 bits per heavy atom. The molecule has 1 aromatic rings. The Balaban J connectivity index is 2.54. The van der Waals surface area contributed by atoms with Gasteiger partial charge >= 0.3 is 13.3 Å². The third-order valence-electron chi connectivity index (χ3n) is 4.51. The lowest BCUT2D eigenvalue weighted by atomic mass is 9.69. The standard InChI is InChI=1S/C17H25BO5/c1-15(2,3)13-11(9-8-10-12(13)21-14(19)20)18-22-16(4,5)17(6,7)23-18/h8-10H,1-7H3,(H,19,20). The van der Waals surface area contributed by atoms with Crippen molar-refractivity contribution in [1.29, 1.82) is 0 Å². The summed E-state index contributed by atoms with van der Waals surface area (Å²) in [6, 6.07) is 5.31. The smallest absolute Gasteiger partial charge is 0.449 e. The number of benzene rings is 1. The molecule has 0 amide bonds. The van der Waals surface area contributed by atoms with Crippen LogP contribution in [0, 0.1) is 0 Å². The van der Waals surface area contributed by atoms with Gasteiger partial charge in [0.2, 0.25) is 0 Å². The second kappa shape index (κ2) is 5.53. The molecule has 23 heavy (non-hydrogen) atoms. The van der Waals surface area contributed by atoms with E-state index in [0.717, 1.165) is 11.0 Å². The van der Waals surface area contributed by atoms with Gasteiger partial charge in [-0.25, -0.2) is 4.79 Å². The number of rotatable bonds is 2. The van der Waals surface area contributed by atoms with Gasteiger partial charge in [0, 0.05) is 5.56 Å². The zero-order chi connectivity index (χ0) is 17.6. The fourth-order valence-corrected chi connectivity index (χ4v) is 2.70. The lowest BCUT2D eigenvalue weighted by Crippen LogP contribution is -2.41. The van der Waals surface area contributed by atoms with Gasteiger partial charge in [-0.15, -0.1) is 0 Å². The molecule has 1 fully saturated rings. The molecule has 0 aromatic heterocycles. The minimum absolute atomic E-state index is 0.317. The van der Waals surface area contributed by atoms with E-state index < -0.39 is 24.5 Å². The minimum atomic E-state index is -1.33. The molecule has 6 heteroatoms. The van der Waals surface area contributed by atoms with Gasteiger partial charge in [-0.05, 0) is 44.6 Å². The molecule has 1 heterocycles. The lowest BCUT2D eigenvalue weighted by Gasteiger charge is -2.32. The van der Waals surface area contributed by atoms with E-state index in [1.165, 1.54) is 0 Å². The quantitative estimate of drug-likeness (QED) is 0.514. The van der Waals surface area contributed by atoms with E-state index in [9.17, 15) is 4.79 Å². The Morgan fingerprint density at radius 3 is 2.09 bits per heavy atom. The predicted molar refractivity (Wildman–Crippen MR) is 89.5 cm³/mol. The highest BCUT2D eigenvalue weighted by atomic mass is 16.7. The SMILES string of the molecule is CC(C)(C)c1c(OC(=O)O)cccc1B1OC(C)(C)C(C)(C)O1. The minimum Gasteiger partial charge on any atom is -0.449 e. The summed E-state index contributed by atoms with van der Waals surface area (Å²) in [5, 5.41) is 8.99. The lowest BCUT2D eigenvalue weighted by molar-refractivity contribution is 0.00578. The zero-order valence-corrected chi connectivity index (χ0v) is 14.9. The van der Waals surface area contributed by atoms with E-state index in [-0.39, 0.29) is 5.41 Å². The van der Waals surface area contributed by atoms with Crippen LogP contribution in [0.25, 0.3) is 0 Å². The molecular weight excluding hydrogens is 295 g/mol. The third kappa shape index (κ3) is 3.38. The Bertz CT molecular complexity index is 600. The number of carbonyl (C=O) groups is 1. The van der Waals surface area contributed by atoms with Gasteiger partial charge in [0.1, 0.15) is 5.75 Å². The molecule has 0 bridgehead atoms. The first kappa shape index (κ1) is 17.8. The topological polar surface area (TPSA) is 65.0 Å². The fourth-order valence-electron chi connectivity index (χ4n) is 2.70. The van der Waals surface area contributed by atoms with Crippen LogP contribution in [0.1, 0.15) is 54.0 Å². The van der Waals surface area contributed by atoms with Gasteiger partial charge in [-0.1, -0.05) is 32.9 Å². The molecule has 0 saturated carbocycles. The van der Waals surface area contributed by atoms with Crippen LogP contribution < -0.4 is 10.2 Å². The third-order valence-corrected chi connectivity index (χ3v) is 4.51. The van der Waals surface area contributed by atoms with Gasteiger partial charge in [0.05, 0.1) is 11.2 Å². The highest BCUT2D eigenvalue weighted by molar-refractivity contribution is 6.62. The fraction of sp³-hybridized carbons (Fsp3) is 0.588. The second-order valence-electron chi connectivity index (χ2n) is 7.93. The molecule has 1 aromatic carbocycles. The summed E-state index contributed by atoms with van der Waals surface area (Å²) in [7, 11) is -0.563. The van der Waals surface area contributed by atoms with Crippen molar-refractivity contribution < 1.29 is 23.9 Å². The molecule has 1 saturated heterocycles. The van der Waals surface area contributed by atoms with Crippen LogP contribution in [0.15, 0.2) is 18.2 Å². The summed E-state index contributed by atoms with van der Waals surface area (Å²) in [6.45, 7) is 14.0. The van der Waals surface area contributed by atoms with Gasteiger partial charge in [-0.3, -0.25) is 0 Å². The molecule has 126 valence electrons. The Hall–Kier alpha value is -1.53. The average molecular weight is 320 g/mol. The van der Waals surface area contributed by atoms with Crippen LogP contribution >= 0.6 is 0 Å². The summed E-state index contributed by atoms with van der Waals surface area (Å²) < 4.78 is 17.2. The van der Waals surface area contributed by atoms with Crippen molar-refractivity contribution in [2.24, 2.45) is 0 Å². The Labute approximate surface area is 138 Å². The van der Waals surface area contributed by atoms with E-state index in [1.54, 1.807) is 12.1 Å². The van der Waals surface area contributed by atoms with Crippen molar-refractivity contribution >= 4 is 18.7 Å². The van der Waals surface area contributed by atoms with E-state index in [4.69, 9.17) is 19.2 Å². The van der Waals surface area contributed by atoms with Crippen molar-refractivity contribution in [3.8, 4) is 5.75 Å². The molecule has 1 N–H and O–H groups in total. The van der Waals surface area contributed by atoms with Crippen molar-refractivity contribution in [1.82, 2.24) is 0 Å². The largest absolute Gasteiger partial charge is 0.511 e. The van der Waals surface area contributed by atoms with Crippen LogP contribution in [0.4, 0.5) is 4.79 Å². The van der Waals surface area contributed by atoms with Crippen LogP contribution in [0.5, 0.6) is 5.75 Å². The van der Waals surface area contributed by atoms with Crippen LogP contribution in [-0.4, -0.2) is 29.6 Å². The highest BCUT2D eigenvalue weighted by Crippen LogP contribution is 2.38. The normalized spacial score (nSPS) is 19.7. The van der Waals surface area contributed by atoms with Gasteiger partial charge in [-0.2, -0.15) is 0 Å². The maximum absolute atomic E-state index is 11.0. The molecular formula is C17H25BO5. The van der Waals surface area contributed by atoms with Crippen LogP contribution in [-0.2, 0) is 14.7 Å². The number of carboxylic acid groups (broad SMARTS) is 1. The van der Waals surface area contributed by atoms with E-state index in [2.05, 4.69) is 0 Å². The van der Waals surface area contributed by atoms with Crippen molar-refractivity contribution in [2.75, 3.05) is 0 Å². The van der Waals surface area contributed by atoms with Crippen molar-refractivity contribution in [2.45, 2.75) is 65.1 Å². The molecule has 1 aliphatic rings. The molecule has 0 spiro atoms. The summed E-state index contributed by atoms with van der Waals surface area (Å²) in [5.74, 6) is 0.317. The number of hydrogen-bond donors (Lipinski definition) is 1. The van der Waals surface area contributed by atoms with Gasteiger partial charge < -0.3 is 19.2 Å². The molecule has 0 aliphatic carbocycles. The maximum Gasteiger partial charge on any atom is 0.511 e. The highest BCUT2D eigenvalue weighted by Gasteiger charge is 2.52. The van der Waals surface area contributed by atoms with Crippen molar-refractivity contribution in [3.05, 3.63) is 23.8 Å². The summed E-state index contributed by atoms with van der Waals surface area (Å²) in [4.78, 5) is 11.0.